The maximum absolute atomic E-state index is 14.3. The summed E-state index contributed by atoms with van der Waals surface area (Å²) in [6.07, 6.45) is 7.90. The van der Waals surface area contributed by atoms with Gasteiger partial charge in [-0.1, -0.05) is 54.6 Å². The van der Waals surface area contributed by atoms with Gasteiger partial charge in [-0.25, -0.2) is 0 Å². The van der Waals surface area contributed by atoms with Crippen molar-refractivity contribution in [3.8, 4) is 0 Å². The molecule has 2 aromatic rings. The average molecular weight is 489 g/mol. The standard InChI is InChI=1S/C28H28N2O6/c1-27-11-4-5-16-35-26(34)22(27)21-24(32)30(14-15-31)23-25(33)29(13-6-12-28(21,23)36-27)20-10-9-18-7-2-3-8-19(18)17-20/h2-4,6-12,17,21-23,31H,5,13-16H2,1H3/t21-,22+,23?,27-,28-/m0/s1. The highest BCUT2D eigenvalue weighted by Gasteiger charge is 2.74. The van der Waals surface area contributed by atoms with Gasteiger partial charge >= 0.3 is 5.97 Å². The fourth-order valence-corrected chi connectivity index (χ4v) is 6.41. The Morgan fingerprint density at radius 3 is 2.61 bits per heavy atom. The lowest BCUT2D eigenvalue weighted by Crippen LogP contribution is -2.56. The third kappa shape index (κ3) is 3.17. The molecule has 1 spiro atoms. The average Bonchev–Trinajstić information content (AvgIpc) is 3.17. The molecule has 4 aliphatic heterocycles. The van der Waals surface area contributed by atoms with Crippen molar-refractivity contribution in [1.29, 1.82) is 0 Å². The summed E-state index contributed by atoms with van der Waals surface area (Å²) in [5.74, 6) is -3.04. The number of likely N-dealkylation sites (tertiary alicyclic amines) is 1. The van der Waals surface area contributed by atoms with Gasteiger partial charge < -0.3 is 24.4 Å². The monoisotopic (exact) mass is 488 g/mol. The zero-order valence-corrected chi connectivity index (χ0v) is 20.0. The number of carbonyl (C=O) groups excluding carboxylic acids is 3. The molecule has 2 fully saturated rings. The van der Waals surface area contributed by atoms with E-state index in [0.717, 1.165) is 10.8 Å². The zero-order chi connectivity index (χ0) is 25.1. The van der Waals surface area contributed by atoms with Gasteiger partial charge in [0.2, 0.25) is 5.91 Å². The van der Waals surface area contributed by atoms with Gasteiger partial charge in [-0.3, -0.25) is 14.4 Å². The van der Waals surface area contributed by atoms with Crippen LogP contribution in [0.4, 0.5) is 5.69 Å². The summed E-state index contributed by atoms with van der Waals surface area (Å²) in [6.45, 7) is 1.94. The molecule has 186 valence electrons. The molecular formula is C28H28N2O6. The molecule has 0 aromatic heterocycles. The molecule has 8 nitrogen and oxygen atoms in total. The fourth-order valence-electron chi connectivity index (χ4n) is 6.41. The van der Waals surface area contributed by atoms with E-state index in [0.29, 0.717) is 12.1 Å². The lowest BCUT2D eigenvalue weighted by molar-refractivity contribution is -0.159. The van der Waals surface area contributed by atoms with Gasteiger partial charge in [-0.15, -0.1) is 0 Å². The Bertz CT molecular complexity index is 1320. The van der Waals surface area contributed by atoms with Crippen LogP contribution in [0.2, 0.25) is 0 Å². The van der Waals surface area contributed by atoms with Crippen molar-refractivity contribution in [1.82, 2.24) is 4.90 Å². The Balaban J connectivity index is 1.48. The van der Waals surface area contributed by atoms with Crippen molar-refractivity contribution >= 4 is 34.2 Å². The molecule has 0 radical (unpaired) electrons. The molecule has 36 heavy (non-hydrogen) atoms. The van der Waals surface area contributed by atoms with Crippen molar-refractivity contribution in [3.63, 3.8) is 0 Å². The van der Waals surface area contributed by atoms with Crippen molar-refractivity contribution in [2.24, 2.45) is 11.8 Å². The van der Waals surface area contributed by atoms with Gasteiger partial charge in [0.05, 0.1) is 24.7 Å². The quantitative estimate of drug-likeness (QED) is 0.526. The molecule has 2 amide bonds. The van der Waals surface area contributed by atoms with E-state index in [-0.39, 0.29) is 38.1 Å². The number of amides is 2. The highest BCUT2D eigenvalue weighted by molar-refractivity contribution is 6.06. The molecule has 0 saturated carbocycles. The minimum atomic E-state index is -1.36. The number of hydrogen-bond donors (Lipinski definition) is 1. The molecule has 4 heterocycles. The van der Waals surface area contributed by atoms with E-state index in [9.17, 15) is 19.5 Å². The predicted molar refractivity (Wildman–Crippen MR) is 132 cm³/mol. The number of benzene rings is 2. The number of carbonyl (C=O) groups is 3. The second kappa shape index (κ2) is 8.28. The molecule has 0 aliphatic carbocycles. The molecule has 8 heteroatoms. The number of anilines is 1. The Morgan fingerprint density at radius 1 is 1.00 bits per heavy atom. The molecular weight excluding hydrogens is 460 g/mol. The minimum absolute atomic E-state index is 0.0371. The number of rotatable bonds is 3. The Morgan fingerprint density at radius 2 is 1.81 bits per heavy atom. The molecule has 4 aliphatic rings. The first-order valence-corrected chi connectivity index (χ1v) is 12.3. The first-order valence-electron chi connectivity index (χ1n) is 12.3. The number of hydrogen-bond acceptors (Lipinski definition) is 6. The molecule has 2 aromatic carbocycles. The number of nitrogens with zero attached hydrogens (tertiary/aromatic N) is 2. The van der Waals surface area contributed by atoms with Crippen LogP contribution in [0.3, 0.4) is 0 Å². The summed E-state index contributed by atoms with van der Waals surface area (Å²) < 4.78 is 12.1. The van der Waals surface area contributed by atoms with E-state index in [1.807, 2.05) is 60.7 Å². The van der Waals surface area contributed by atoms with Gasteiger partial charge in [-0.2, -0.15) is 0 Å². The third-order valence-corrected chi connectivity index (χ3v) is 7.91. The minimum Gasteiger partial charge on any atom is -0.465 e. The van der Waals surface area contributed by atoms with Crippen molar-refractivity contribution in [2.45, 2.75) is 30.6 Å². The molecule has 2 saturated heterocycles. The summed E-state index contributed by atoms with van der Waals surface area (Å²) >= 11 is 0. The second-order valence-electron chi connectivity index (χ2n) is 9.99. The lowest BCUT2D eigenvalue weighted by atomic mass is 9.74. The van der Waals surface area contributed by atoms with Crippen LogP contribution in [0.25, 0.3) is 10.8 Å². The lowest BCUT2D eigenvalue weighted by Gasteiger charge is -2.37. The smallest absolute Gasteiger partial charge is 0.313 e. The summed E-state index contributed by atoms with van der Waals surface area (Å²) in [4.78, 5) is 44.3. The second-order valence-corrected chi connectivity index (χ2v) is 9.99. The van der Waals surface area contributed by atoms with Crippen LogP contribution < -0.4 is 4.90 Å². The van der Waals surface area contributed by atoms with Crippen molar-refractivity contribution in [2.75, 3.05) is 31.2 Å². The number of β-amino-alcohol motifs (C(OH)–C–C–N with tert-alkyl or cyclic N) is 1. The number of esters is 1. The van der Waals surface area contributed by atoms with Gasteiger partial charge in [0.1, 0.15) is 17.6 Å². The zero-order valence-electron chi connectivity index (χ0n) is 20.0. The maximum atomic E-state index is 14.3. The van der Waals surface area contributed by atoms with Gasteiger partial charge in [-0.05, 0) is 36.2 Å². The van der Waals surface area contributed by atoms with E-state index in [4.69, 9.17) is 9.47 Å². The first-order chi connectivity index (χ1) is 17.4. The van der Waals surface area contributed by atoms with Gasteiger partial charge in [0, 0.05) is 18.8 Å². The first kappa shape index (κ1) is 22.9. The van der Waals surface area contributed by atoms with Crippen LogP contribution in [0.1, 0.15) is 13.3 Å². The van der Waals surface area contributed by atoms with Crippen LogP contribution in [0.15, 0.2) is 66.8 Å². The maximum Gasteiger partial charge on any atom is 0.313 e. The molecule has 1 unspecified atom stereocenters. The van der Waals surface area contributed by atoms with E-state index < -0.39 is 35.0 Å². The van der Waals surface area contributed by atoms with Crippen LogP contribution in [-0.2, 0) is 23.9 Å². The van der Waals surface area contributed by atoms with Gasteiger partial charge in [0.15, 0.2) is 0 Å². The summed E-state index contributed by atoms with van der Waals surface area (Å²) in [5, 5.41) is 11.8. The third-order valence-electron chi connectivity index (χ3n) is 7.91. The summed E-state index contributed by atoms with van der Waals surface area (Å²) in [7, 11) is 0. The normalized spacial score (nSPS) is 33.6. The number of ether oxygens (including phenoxy) is 2. The highest BCUT2D eigenvalue weighted by atomic mass is 16.6. The summed E-state index contributed by atoms with van der Waals surface area (Å²) in [5.41, 5.74) is -1.76. The molecule has 6 rings (SSSR count). The topological polar surface area (TPSA) is 96.4 Å². The van der Waals surface area contributed by atoms with E-state index in [1.54, 1.807) is 17.9 Å². The summed E-state index contributed by atoms with van der Waals surface area (Å²) in [6, 6.07) is 12.7. The van der Waals surface area contributed by atoms with Crippen LogP contribution in [0, 0.1) is 11.8 Å². The fraction of sp³-hybridized carbons (Fsp3) is 0.393. The largest absolute Gasteiger partial charge is 0.465 e. The van der Waals surface area contributed by atoms with E-state index >= 15 is 0 Å². The van der Waals surface area contributed by atoms with Crippen LogP contribution >= 0.6 is 0 Å². The number of cyclic esters (lactones) is 1. The number of aliphatic hydroxyl groups is 1. The molecule has 5 atom stereocenters. The van der Waals surface area contributed by atoms with Crippen molar-refractivity contribution < 1.29 is 29.0 Å². The SMILES string of the molecule is C[C@]12C=CCCOC(=O)[C@H]1[C@H]1C(=O)N(CCO)C3C(=O)N(c4ccc5ccccc5c4)CC=C[C@@]31O2. The number of fused-ring (bicyclic) bond motifs is 3. The van der Waals surface area contributed by atoms with E-state index in [1.165, 1.54) is 4.90 Å². The Kier molecular flexibility index (Phi) is 5.28. The van der Waals surface area contributed by atoms with Crippen LogP contribution in [0.5, 0.6) is 0 Å². The Labute approximate surface area is 208 Å². The van der Waals surface area contributed by atoms with Crippen molar-refractivity contribution in [3.05, 3.63) is 66.8 Å². The molecule has 0 bridgehead atoms. The van der Waals surface area contributed by atoms with E-state index in [2.05, 4.69) is 0 Å². The van der Waals surface area contributed by atoms with Crippen LogP contribution in [-0.4, -0.2) is 71.3 Å². The highest BCUT2D eigenvalue weighted by Crippen LogP contribution is 2.57. The number of aliphatic hydroxyl groups excluding tert-OH is 1. The molecule has 1 N–H and O–H groups in total. The van der Waals surface area contributed by atoms with Gasteiger partial charge in [0.25, 0.3) is 5.91 Å². The predicted octanol–water partition coefficient (Wildman–Crippen LogP) is 2.21. The Hall–Kier alpha value is -3.49.